The molecule has 0 bridgehead atoms. The van der Waals surface area contributed by atoms with E-state index in [4.69, 9.17) is 5.73 Å². The van der Waals surface area contributed by atoms with Crippen molar-refractivity contribution in [1.29, 1.82) is 0 Å². The number of carbonyl (C=O) groups is 2. The van der Waals surface area contributed by atoms with Gasteiger partial charge in [0.2, 0.25) is 11.8 Å². The molecule has 0 saturated heterocycles. The van der Waals surface area contributed by atoms with Crippen molar-refractivity contribution in [2.45, 2.75) is 57.5 Å². The van der Waals surface area contributed by atoms with Gasteiger partial charge in [0, 0.05) is 25.1 Å². The number of aromatic nitrogens is 3. The summed E-state index contributed by atoms with van der Waals surface area (Å²) in [5, 5.41) is 11.9. The van der Waals surface area contributed by atoms with E-state index in [1.807, 2.05) is 60.9 Å². The summed E-state index contributed by atoms with van der Waals surface area (Å²) in [4.78, 5) is 24.7. The Bertz CT molecular complexity index is 1090. The molecule has 0 spiro atoms. The number of carbonyl (C=O) groups excluding carboxylic acids is 2. The standard InChI is InChI=1S/C25H31N5O2S/c1-16(2)15-30-22(11-10-21(26)31)28-29-25(30)33-23(19-8-6-5-7-9-19)24(32)27-20-13-17(3)12-18(4)14-20/h5-9,12-14,16,23H,10-11,15H2,1-4H3,(H2,26,31)(H,27,32)/t23-/m1/s1. The van der Waals surface area contributed by atoms with Crippen molar-refractivity contribution in [2.24, 2.45) is 11.7 Å². The van der Waals surface area contributed by atoms with Crippen molar-refractivity contribution < 1.29 is 9.59 Å². The van der Waals surface area contributed by atoms with E-state index in [1.54, 1.807) is 0 Å². The van der Waals surface area contributed by atoms with Crippen molar-refractivity contribution in [3.8, 4) is 0 Å². The summed E-state index contributed by atoms with van der Waals surface area (Å²) < 4.78 is 2.00. The zero-order valence-corrected chi connectivity index (χ0v) is 20.4. The van der Waals surface area contributed by atoms with Crippen molar-refractivity contribution >= 4 is 29.3 Å². The predicted molar refractivity (Wildman–Crippen MR) is 132 cm³/mol. The van der Waals surface area contributed by atoms with Crippen LogP contribution in [0.1, 0.15) is 48.0 Å². The van der Waals surface area contributed by atoms with Gasteiger partial charge >= 0.3 is 0 Å². The van der Waals surface area contributed by atoms with E-state index >= 15 is 0 Å². The smallest absolute Gasteiger partial charge is 0.242 e. The van der Waals surface area contributed by atoms with Crippen LogP contribution in [0, 0.1) is 19.8 Å². The molecule has 3 rings (SSSR count). The van der Waals surface area contributed by atoms with Gasteiger partial charge in [0.1, 0.15) is 11.1 Å². The van der Waals surface area contributed by atoms with Crippen LogP contribution in [-0.4, -0.2) is 26.6 Å². The largest absolute Gasteiger partial charge is 0.370 e. The molecule has 3 aromatic rings. The molecular formula is C25H31N5O2S. The first-order valence-electron chi connectivity index (χ1n) is 11.0. The lowest BCUT2D eigenvalue weighted by Crippen LogP contribution is -2.20. The number of aryl methyl sites for hydroxylation is 3. The van der Waals surface area contributed by atoms with E-state index < -0.39 is 5.25 Å². The lowest BCUT2D eigenvalue weighted by Gasteiger charge is -2.19. The highest BCUT2D eigenvalue weighted by Gasteiger charge is 2.26. The van der Waals surface area contributed by atoms with Gasteiger partial charge in [0.25, 0.3) is 0 Å². The molecule has 0 saturated carbocycles. The molecule has 1 atom stereocenters. The minimum absolute atomic E-state index is 0.131. The molecule has 1 aromatic heterocycles. The van der Waals surface area contributed by atoms with Gasteiger partial charge < -0.3 is 15.6 Å². The van der Waals surface area contributed by atoms with Crippen LogP contribution in [0.4, 0.5) is 5.69 Å². The second kappa shape index (κ2) is 11.1. The molecule has 174 valence electrons. The van der Waals surface area contributed by atoms with Crippen LogP contribution < -0.4 is 11.1 Å². The second-order valence-corrected chi connectivity index (χ2v) is 9.72. The Balaban J connectivity index is 1.92. The molecule has 7 nitrogen and oxygen atoms in total. The third-order valence-electron chi connectivity index (χ3n) is 4.99. The molecule has 1 heterocycles. The van der Waals surface area contributed by atoms with Crippen LogP contribution in [-0.2, 0) is 22.6 Å². The molecular weight excluding hydrogens is 434 g/mol. The normalized spacial score (nSPS) is 12.0. The Kier molecular flexibility index (Phi) is 8.27. The number of rotatable bonds is 10. The fourth-order valence-corrected chi connectivity index (χ4v) is 4.70. The summed E-state index contributed by atoms with van der Waals surface area (Å²) in [5.41, 5.74) is 9.16. The van der Waals surface area contributed by atoms with Crippen molar-refractivity contribution in [1.82, 2.24) is 14.8 Å². The molecule has 2 amide bonds. The van der Waals surface area contributed by atoms with Gasteiger partial charge in [-0.2, -0.15) is 0 Å². The molecule has 0 unspecified atom stereocenters. The van der Waals surface area contributed by atoms with Crippen LogP contribution >= 0.6 is 11.8 Å². The zero-order chi connectivity index (χ0) is 24.0. The number of hydrogen-bond acceptors (Lipinski definition) is 5. The van der Waals surface area contributed by atoms with Crippen LogP contribution in [0.25, 0.3) is 0 Å². The quantitative estimate of drug-likeness (QED) is 0.431. The SMILES string of the molecule is Cc1cc(C)cc(NC(=O)[C@H](Sc2nnc(CCC(N)=O)n2CC(C)C)c2ccccc2)c1. The van der Waals surface area contributed by atoms with E-state index in [1.165, 1.54) is 11.8 Å². The van der Waals surface area contributed by atoms with Gasteiger partial charge in [-0.25, -0.2) is 0 Å². The van der Waals surface area contributed by atoms with Crippen LogP contribution in [0.5, 0.6) is 0 Å². The van der Waals surface area contributed by atoms with E-state index in [-0.39, 0.29) is 18.2 Å². The molecule has 0 aliphatic carbocycles. The number of nitrogens with one attached hydrogen (secondary N) is 1. The highest BCUT2D eigenvalue weighted by atomic mass is 32.2. The predicted octanol–water partition coefficient (Wildman–Crippen LogP) is 4.44. The maximum atomic E-state index is 13.4. The number of anilines is 1. The summed E-state index contributed by atoms with van der Waals surface area (Å²) in [6, 6.07) is 15.6. The lowest BCUT2D eigenvalue weighted by atomic mass is 10.1. The summed E-state index contributed by atoms with van der Waals surface area (Å²) in [5.74, 6) is 0.533. The van der Waals surface area contributed by atoms with E-state index in [9.17, 15) is 9.59 Å². The summed E-state index contributed by atoms with van der Waals surface area (Å²) in [7, 11) is 0. The van der Waals surface area contributed by atoms with E-state index in [0.29, 0.717) is 29.9 Å². The monoisotopic (exact) mass is 465 g/mol. The Labute approximate surface area is 199 Å². The minimum Gasteiger partial charge on any atom is -0.370 e. The number of hydrogen-bond donors (Lipinski definition) is 2. The number of nitrogens with zero attached hydrogens (tertiary/aromatic N) is 3. The Hall–Kier alpha value is -3.13. The van der Waals surface area contributed by atoms with E-state index in [2.05, 4.69) is 35.4 Å². The third-order valence-corrected chi connectivity index (χ3v) is 6.22. The average Bonchev–Trinajstić information content (AvgIpc) is 3.10. The lowest BCUT2D eigenvalue weighted by molar-refractivity contribution is -0.118. The first-order chi connectivity index (χ1) is 15.7. The van der Waals surface area contributed by atoms with Gasteiger partial charge in [0.05, 0.1) is 0 Å². The fourth-order valence-electron chi connectivity index (χ4n) is 3.64. The highest BCUT2D eigenvalue weighted by Crippen LogP contribution is 2.36. The summed E-state index contributed by atoms with van der Waals surface area (Å²) in [6.45, 7) is 8.91. The maximum Gasteiger partial charge on any atom is 0.242 e. The first kappa shape index (κ1) is 24.5. The average molecular weight is 466 g/mol. The number of primary amides is 1. The summed E-state index contributed by atoms with van der Waals surface area (Å²) in [6.07, 6.45) is 0.622. The van der Waals surface area contributed by atoms with E-state index in [0.717, 1.165) is 22.4 Å². The van der Waals surface area contributed by atoms with Crippen LogP contribution in [0.15, 0.2) is 53.7 Å². The van der Waals surface area contributed by atoms with Gasteiger partial charge in [0.15, 0.2) is 5.16 Å². The molecule has 0 fully saturated rings. The summed E-state index contributed by atoms with van der Waals surface area (Å²) >= 11 is 1.36. The molecule has 0 radical (unpaired) electrons. The molecule has 33 heavy (non-hydrogen) atoms. The molecule has 0 aliphatic heterocycles. The maximum absolute atomic E-state index is 13.4. The highest BCUT2D eigenvalue weighted by molar-refractivity contribution is 8.00. The second-order valence-electron chi connectivity index (χ2n) is 8.64. The Morgan fingerprint density at radius 1 is 1.06 bits per heavy atom. The van der Waals surface area contributed by atoms with Crippen LogP contribution in [0.3, 0.4) is 0 Å². The first-order valence-corrected chi connectivity index (χ1v) is 11.9. The topological polar surface area (TPSA) is 103 Å². The zero-order valence-electron chi connectivity index (χ0n) is 19.5. The molecule has 3 N–H and O–H groups in total. The van der Waals surface area contributed by atoms with Crippen molar-refractivity contribution in [3.05, 3.63) is 71.0 Å². The third kappa shape index (κ3) is 6.92. The molecule has 0 aliphatic rings. The van der Waals surface area contributed by atoms with Crippen LogP contribution in [0.2, 0.25) is 0 Å². The van der Waals surface area contributed by atoms with Crippen molar-refractivity contribution in [2.75, 3.05) is 5.32 Å². The Morgan fingerprint density at radius 3 is 2.33 bits per heavy atom. The number of thioether (sulfide) groups is 1. The molecule has 2 aromatic carbocycles. The van der Waals surface area contributed by atoms with Crippen molar-refractivity contribution in [3.63, 3.8) is 0 Å². The number of nitrogens with two attached hydrogens (primary N) is 1. The fraction of sp³-hybridized carbons (Fsp3) is 0.360. The number of amides is 2. The minimum atomic E-state index is -0.522. The Morgan fingerprint density at radius 2 is 1.73 bits per heavy atom. The van der Waals surface area contributed by atoms with Gasteiger partial charge in [-0.15, -0.1) is 10.2 Å². The van der Waals surface area contributed by atoms with Gasteiger partial charge in [-0.05, 0) is 48.6 Å². The van der Waals surface area contributed by atoms with Gasteiger partial charge in [-0.3, -0.25) is 9.59 Å². The number of benzene rings is 2. The molecule has 8 heteroatoms. The van der Waals surface area contributed by atoms with Gasteiger partial charge in [-0.1, -0.05) is 62.0 Å².